The van der Waals surface area contributed by atoms with Gasteiger partial charge in [0, 0.05) is 40.7 Å². The van der Waals surface area contributed by atoms with Crippen LogP contribution in [0, 0.1) is 24.0 Å². The smallest absolute Gasteiger partial charge is 0.269 e. The highest BCUT2D eigenvalue weighted by atomic mass is 16.6. The SMILES string of the molecule is CCCCCCC1(CCCCCC)c2cc(C(=O)Cc3cc(C)ccc3C)ccc2-c2ccc(C(=O)c3ccc([N+](=O)[O-])cc3)cc21. The molecule has 1 aliphatic carbocycles. The molecular weight excluding hydrogens is 582 g/mol. The van der Waals surface area contributed by atoms with Gasteiger partial charge in [0.2, 0.25) is 0 Å². The Balaban J connectivity index is 1.59. The number of benzene rings is 4. The highest BCUT2D eigenvalue weighted by Crippen LogP contribution is 2.55. The number of hydrogen-bond donors (Lipinski definition) is 0. The lowest BCUT2D eigenvalue weighted by Crippen LogP contribution is -2.26. The fourth-order valence-corrected chi connectivity index (χ4v) is 7.35. The molecule has 0 fully saturated rings. The molecule has 244 valence electrons. The maximum atomic E-state index is 13.8. The number of Topliss-reactive ketones (excluding diaryl/α,β-unsaturated/α-hetero) is 1. The lowest BCUT2D eigenvalue weighted by Gasteiger charge is -2.33. The van der Waals surface area contributed by atoms with Crippen LogP contribution in [0.4, 0.5) is 5.69 Å². The van der Waals surface area contributed by atoms with E-state index in [1.54, 1.807) is 12.1 Å². The number of aryl methyl sites for hydroxylation is 2. The fraction of sp³-hybridized carbons (Fsp3) is 0.381. The third kappa shape index (κ3) is 7.30. The summed E-state index contributed by atoms with van der Waals surface area (Å²) >= 11 is 0. The van der Waals surface area contributed by atoms with Crippen LogP contribution in [-0.4, -0.2) is 16.5 Å². The molecule has 0 heterocycles. The third-order valence-corrected chi connectivity index (χ3v) is 10.1. The zero-order valence-corrected chi connectivity index (χ0v) is 28.4. The van der Waals surface area contributed by atoms with Crippen LogP contribution in [0.25, 0.3) is 11.1 Å². The normalized spacial score (nSPS) is 12.9. The van der Waals surface area contributed by atoms with Gasteiger partial charge in [0.15, 0.2) is 11.6 Å². The van der Waals surface area contributed by atoms with Crippen molar-refractivity contribution >= 4 is 17.3 Å². The number of non-ortho nitro benzene ring substituents is 1. The lowest BCUT2D eigenvalue weighted by atomic mass is 9.70. The molecule has 5 nitrogen and oxygen atoms in total. The van der Waals surface area contributed by atoms with Crippen LogP contribution in [0.15, 0.2) is 78.9 Å². The second kappa shape index (κ2) is 15.0. The third-order valence-electron chi connectivity index (χ3n) is 10.1. The van der Waals surface area contributed by atoms with Crippen LogP contribution < -0.4 is 0 Å². The van der Waals surface area contributed by atoms with E-state index in [1.165, 1.54) is 36.1 Å². The Hall–Kier alpha value is -4.38. The number of hydrogen-bond acceptors (Lipinski definition) is 4. The monoisotopic (exact) mass is 629 g/mol. The Morgan fingerprint density at radius 2 is 1.21 bits per heavy atom. The summed E-state index contributed by atoms with van der Waals surface area (Å²) in [5.41, 5.74) is 9.46. The predicted molar refractivity (Wildman–Crippen MR) is 191 cm³/mol. The van der Waals surface area contributed by atoms with E-state index in [9.17, 15) is 19.7 Å². The Labute approximate surface area is 279 Å². The molecule has 0 bridgehead atoms. The van der Waals surface area contributed by atoms with E-state index < -0.39 is 4.92 Å². The molecule has 4 aromatic carbocycles. The molecule has 0 aliphatic heterocycles. The van der Waals surface area contributed by atoms with E-state index in [4.69, 9.17) is 0 Å². The standard InChI is InChI=1S/C42H47NO4/c1-5-7-9-11-23-42(24-12-10-8-6-2)38-26-32(40(44)28-34-25-29(3)13-14-30(34)4)17-21-36(38)37-22-18-33(27-39(37)42)41(45)31-15-19-35(20-16-31)43(46)47/h13-22,25-27H,5-12,23-24,28H2,1-4H3. The van der Waals surface area contributed by atoms with Gasteiger partial charge in [0.1, 0.15) is 0 Å². The first-order valence-corrected chi connectivity index (χ1v) is 17.4. The minimum Gasteiger partial charge on any atom is -0.294 e. The Morgan fingerprint density at radius 3 is 1.79 bits per heavy atom. The summed E-state index contributed by atoms with van der Waals surface area (Å²) in [6.45, 7) is 8.58. The zero-order chi connectivity index (χ0) is 33.6. The number of nitro groups is 1. The van der Waals surface area contributed by atoms with E-state index in [-0.39, 0.29) is 22.7 Å². The molecule has 4 aromatic rings. The van der Waals surface area contributed by atoms with Gasteiger partial charge in [-0.25, -0.2) is 0 Å². The highest BCUT2D eigenvalue weighted by molar-refractivity contribution is 6.10. The highest BCUT2D eigenvalue weighted by Gasteiger charge is 2.43. The largest absolute Gasteiger partial charge is 0.294 e. The van der Waals surface area contributed by atoms with Gasteiger partial charge in [0.25, 0.3) is 5.69 Å². The van der Waals surface area contributed by atoms with Crippen molar-refractivity contribution in [3.63, 3.8) is 0 Å². The average Bonchev–Trinajstić information content (AvgIpc) is 3.34. The molecule has 0 atom stereocenters. The molecule has 0 spiro atoms. The zero-order valence-electron chi connectivity index (χ0n) is 28.4. The minimum atomic E-state index is -0.451. The Kier molecular flexibility index (Phi) is 10.9. The van der Waals surface area contributed by atoms with Crippen molar-refractivity contribution in [1.82, 2.24) is 0 Å². The fourth-order valence-electron chi connectivity index (χ4n) is 7.35. The van der Waals surface area contributed by atoms with Crippen LogP contribution in [0.5, 0.6) is 0 Å². The number of nitrogens with zero attached hydrogens (tertiary/aromatic N) is 1. The van der Waals surface area contributed by atoms with E-state index in [2.05, 4.69) is 70.2 Å². The van der Waals surface area contributed by atoms with Crippen LogP contribution in [0.1, 0.15) is 132 Å². The summed E-state index contributed by atoms with van der Waals surface area (Å²) in [7, 11) is 0. The van der Waals surface area contributed by atoms with E-state index in [1.807, 2.05) is 12.1 Å². The van der Waals surface area contributed by atoms with Crippen LogP contribution in [0.3, 0.4) is 0 Å². The topological polar surface area (TPSA) is 77.3 Å². The van der Waals surface area contributed by atoms with Crippen molar-refractivity contribution < 1.29 is 14.5 Å². The van der Waals surface area contributed by atoms with Gasteiger partial charge in [0.05, 0.1) is 4.92 Å². The minimum absolute atomic E-state index is 0.0351. The number of fused-ring (bicyclic) bond motifs is 3. The average molecular weight is 630 g/mol. The summed E-state index contributed by atoms with van der Waals surface area (Å²) in [5.74, 6) is -0.0220. The van der Waals surface area contributed by atoms with Gasteiger partial charge in [-0.15, -0.1) is 0 Å². The van der Waals surface area contributed by atoms with Gasteiger partial charge in [-0.05, 0) is 84.3 Å². The summed E-state index contributed by atoms with van der Waals surface area (Å²) in [5, 5.41) is 11.2. The number of rotatable bonds is 16. The van der Waals surface area contributed by atoms with Gasteiger partial charge >= 0.3 is 0 Å². The number of unbranched alkanes of at least 4 members (excludes halogenated alkanes) is 6. The maximum absolute atomic E-state index is 13.8. The van der Waals surface area contributed by atoms with Crippen molar-refractivity contribution in [2.75, 3.05) is 0 Å². The molecule has 5 heteroatoms. The molecule has 0 N–H and O–H groups in total. The molecule has 0 radical (unpaired) electrons. The second-order valence-electron chi connectivity index (χ2n) is 13.4. The van der Waals surface area contributed by atoms with Crippen molar-refractivity contribution in [2.45, 2.75) is 104 Å². The maximum Gasteiger partial charge on any atom is 0.269 e. The first kappa shape index (κ1) is 34.0. The van der Waals surface area contributed by atoms with Gasteiger partial charge in [-0.1, -0.05) is 113 Å². The Morgan fingerprint density at radius 1 is 0.660 bits per heavy atom. The van der Waals surface area contributed by atoms with Crippen LogP contribution in [0.2, 0.25) is 0 Å². The number of ketones is 2. The molecular formula is C42H47NO4. The molecule has 0 aromatic heterocycles. The van der Waals surface area contributed by atoms with Gasteiger partial charge in [-0.3, -0.25) is 19.7 Å². The molecule has 0 amide bonds. The second-order valence-corrected chi connectivity index (χ2v) is 13.4. The van der Waals surface area contributed by atoms with E-state index in [0.717, 1.165) is 84.7 Å². The summed E-state index contributed by atoms with van der Waals surface area (Å²) in [4.78, 5) is 38.4. The molecule has 0 saturated carbocycles. The van der Waals surface area contributed by atoms with E-state index in [0.29, 0.717) is 17.5 Å². The first-order valence-electron chi connectivity index (χ1n) is 17.4. The molecule has 1 aliphatic rings. The molecule has 0 unspecified atom stereocenters. The molecule has 0 saturated heterocycles. The molecule has 5 rings (SSSR count). The van der Waals surface area contributed by atoms with Gasteiger partial charge < -0.3 is 0 Å². The number of carbonyl (C=O) groups excluding carboxylic acids is 2. The summed E-state index contributed by atoms with van der Waals surface area (Å²) < 4.78 is 0. The van der Waals surface area contributed by atoms with Crippen molar-refractivity contribution in [2.24, 2.45) is 0 Å². The van der Waals surface area contributed by atoms with E-state index >= 15 is 0 Å². The van der Waals surface area contributed by atoms with Crippen LogP contribution >= 0.6 is 0 Å². The number of carbonyl (C=O) groups is 2. The van der Waals surface area contributed by atoms with Crippen molar-refractivity contribution in [1.29, 1.82) is 0 Å². The number of nitro benzene ring substituents is 1. The summed E-state index contributed by atoms with van der Waals surface area (Å²) in [6.07, 6.45) is 11.4. The summed E-state index contributed by atoms with van der Waals surface area (Å²) in [6, 6.07) is 24.5. The van der Waals surface area contributed by atoms with Gasteiger partial charge in [-0.2, -0.15) is 0 Å². The van der Waals surface area contributed by atoms with Crippen molar-refractivity contribution in [3.8, 4) is 11.1 Å². The van der Waals surface area contributed by atoms with Crippen molar-refractivity contribution in [3.05, 3.63) is 133 Å². The van der Waals surface area contributed by atoms with Crippen LogP contribution in [-0.2, 0) is 11.8 Å². The Bertz CT molecular complexity index is 1760. The first-order chi connectivity index (χ1) is 22.7. The molecule has 47 heavy (non-hydrogen) atoms. The quantitative estimate of drug-likeness (QED) is 0.0535. The predicted octanol–water partition coefficient (Wildman–Crippen LogP) is 11.1. The lowest BCUT2D eigenvalue weighted by molar-refractivity contribution is -0.384.